The van der Waals surface area contributed by atoms with E-state index < -0.39 is 0 Å². The van der Waals surface area contributed by atoms with Crippen LogP contribution in [0.2, 0.25) is 0 Å². The van der Waals surface area contributed by atoms with E-state index in [1.54, 1.807) is 19.2 Å². The highest BCUT2D eigenvalue weighted by molar-refractivity contribution is 7.15. The van der Waals surface area contributed by atoms with Crippen molar-refractivity contribution in [3.05, 3.63) is 52.5 Å². The summed E-state index contributed by atoms with van der Waals surface area (Å²) in [4.78, 5) is 12.9. The smallest absolute Gasteiger partial charge is 0.257 e. The minimum Gasteiger partial charge on any atom is -0.496 e. The van der Waals surface area contributed by atoms with Gasteiger partial charge in [-0.25, -0.2) is 0 Å². The van der Waals surface area contributed by atoms with Crippen molar-refractivity contribution in [1.29, 1.82) is 0 Å². The molecule has 0 saturated carbocycles. The Morgan fingerprint density at radius 1 is 0.938 bits per heavy atom. The van der Waals surface area contributed by atoms with Crippen LogP contribution in [0.25, 0.3) is 0 Å². The molecule has 8 nitrogen and oxygen atoms in total. The van der Waals surface area contributed by atoms with Crippen molar-refractivity contribution in [1.82, 2.24) is 10.2 Å². The zero-order chi connectivity index (χ0) is 22.9. The Labute approximate surface area is 191 Å². The summed E-state index contributed by atoms with van der Waals surface area (Å²) in [5.74, 6) is 1.85. The molecule has 170 valence electrons. The predicted octanol–water partition coefficient (Wildman–Crippen LogP) is 4.59. The normalized spacial score (nSPS) is 10.5. The van der Waals surface area contributed by atoms with Crippen LogP contribution < -0.4 is 24.3 Å². The molecule has 3 aromatic rings. The van der Waals surface area contributed by atoms with Gasteiger partial charge < -0.3 is 18.9 Å². The maximum atomic E-state index is 12.9. The Bertz CT molecular complexity index is 1030. The first-order chi connectivity index (χ1) is 15.6. The molecule has 1 heterocycles. The fourth-order valence-electron chi connectivity index (χ4n) is 3.08. The summed E-state index contributed by atoms with van der Waals surface area (Å²) in [5, 5.41) is 12.3. The Kier molecular flexibility index (Phi) is 8.27. The molecule has 0 spiro atoms. The number of methoxy groups -OCH3 is 1. The van der Waals surface area contributed by atoms with Crippen LogP contribution in [0.5, 0.6) is 23.0 Å². The van der Waals surface area contributed by atoms with Crippen LogP contribution in [0.15, 0.2) is 36.4 Å². The Morgan fingerprint density at radius 3 is 2.22 bits per heavy atom. The summed E-state index contributed by atoms with van der Waals surface area (Å²) in [5.41, 5.74) is 1.38. The quantitative estimate of drug-likeness (QED) is 0.450. The molecule has 0 saturated heterocycles. The van der Waals surface area contributed by atoms with E-state index in [-0.39, 0.29) is 5.91 Å². The van der Waals surface area contributed by atoms with Crippen molar-refractivity contribution in [3.8, 4) is 23.0 Å². The Morgan fingerprint density at radius 2 is 1.59 bits per heavy atom. The molecule has 1 aromatic heterocycles. The molecule has 0 aliphatic rings. The van der Waals surface area contributed by atoms with Gasteiger partial charge in [-0.2, -0.15) is 0 Å². The summed E-state index contributed by atoms with van der Waals surface area (Å²) < 4.78 is 22.5. The second-order valence-electron chi connectivity index (χ2n) is 6.54. The molecule has 0 radical (unpaired) electrons. The minimum atomic E-state index is -0.338. The SMILES string of the molecule is CCOc1cc(C(=O)Nc2nnc(Cc3ccccc3OC)s2)cc(OCC)c1OCC. The summed E-state index contributed by atoms with van der Waals surface area (Å²) in [6.07, 6.45) is 0.559. The highest BCUT2D eigenvalue weighted by Crippen LogP contribution is 2.39. The molecule has 32 heavy (non-hydrogen) atoms. The molecular weight excluding hydrogens is 430 g/mol. The number of para-hydroxylation sites is 1. The zero-order valence-corrected chi connectivity index (χ0v) is 19.5. The number of aromatic nitrogens is 2. The van der Waals surface area contributed by atoms with Crippen LogP contribution in [-0.2, 0) is 6.42 Å². The molecule has 2 aromatic carbocycles. The number of amides is 1. The largest absolute Gasteiger partial charge is 0.496 e. The van der Waals surface area contributed by atoms with E-state index in [1.807, 2.05) is 45.0 Å². The van der Waals surface area contributed by atoms with E-state index in [1.165, 1.54) is 11.3 Å². The lowest BCUT2D eigenvalue weighted by molar-refractivity contribution is 0.102. The van der Waals surface area contributed by atoms with Crippen molar-refractivity contribution < 1.29 is 23.7 Å². The number of hydrogen-bond acceptors (Lipinski definition) is 8. The molecule has 0 unspecified atom stereocenters. The average molecular weight is 458 g/mol. The number of nitrogens with one attached hydrogen (secondary N) is 1. The van der Waals surface area contributed by atoms with Gasteiger partial charge in [-0.05, 0) is 39.0 Å². The van der Waals surface area contributed by atoms with Crippen molar-refractivity contribution in [2.45, 2.75) is 27.2 Å². The number of carbonyl (C=O) groups is 1. The van der Waals surface area contributed by atoms with Crippen molar-refractivity contribution in [2.24, 2.45) is 0 Å². The van der Waals surface area contributed by atoms with Gasteiger partial charge in [-0.1, -0.05) is 29.5 Å². The van der Waals surface area contributed by atoms with E-state index in [4.69, 9.17) is 18.9 Å². The van der Waals surface area contributed by atoms with E-state index in [0.29, 0.717) is 54.2 Å². The molecule has 1 N–H and O–H groups in total. The highest BCUT2D eigenvalue weighted by atomic mass is 32.1. The van der Waals surface area contributed by atoms with Gasteiger partial charge in [0.25, 0.3) is 5.91 Å². The van der Waals surface area contributed by atoms with Gasteiger partial charge in [-0.3, -0.25) is 10.1 Å². The van der Waals surface area contributed by atoms with E-state index in [0.717, 1.165) is 16.3 Å². The standard InChI is InChI=1S/C23H27N3O5S/c1-5-29-18-12-16(13-19(30-6-2)21(18)31-7-3)22(27)24-23-26-25-20(32-23)14-15-10-8-9-11-17(15)28-4/h8-13H,5-7,14H2,1-4H3,(H,24,26,27). The van der Waals surface area contributed by atoms with Crippen LogP contribution in [0.3, 0.4) is 0 Å². The number of benzene rings is 2. The lowest BCUT2D eigenvalue weighted by Crippen LogP contribution is -2.13. The third-order valence-corrected chi connectivity index (χ3v) is 5.23. The number of carbonyl (C=O) groups excluding carboxylic acids is 1. The number of anilines is 1. The Hall–Kier alpha value is -3.33. The first kappa shape index (κ1) is 23.3. The fourth-order valence-corrected chi connectivity index (χ4v) is 3.83. The maximum Gasteiger partial charge on any atom is 0.257 e. The molecule has 1 amide bonds. The van der Waals surface area contributed by atoms with Crippen molar-refractivity contribution in [2.75, 3.05) is 32.2 Å². The molecule has 9 heteroatoms. The fraction of sp³-hybridized carbons (Fsp3) is 0.348. The van der Waals surface area contributed by atoms with Gasteiger partial charge in [0.15, 0.2) is 11.5 Å². The molecule has 0 aliphatic heterocycles. The number of hydrogen-bond donors (Lipinski definition) is 1. The van der Waals surface area contributed by atoms with E-state index in [9.17, 15) is 4.79 Å². The number of rotatable bonds is 11. The summed E-state index contributed by atoms with van der Waals surface area (Å²) in [6, 6.07) is 11.0. The summed E-state index contributed by atoms with van der Waals surface area (Å²) in [7, 11) is 1.63. The second-order valence-corrected chi connectivity index (χ2v) is 7.61. The molecule has 3 rings (SSSR count). The minimum absolute atomic E-state index is 0.338. The third-order valence-electron chi connectivity index (χ3n) is 4.39. The van der Waals surface area contributed by atoms with Crippen LogP contribution >= 0.6 is 11.3 Å². The Balaban J connectivity index is 1.79. The second kappa shape index (κ2) is 11.3. The van der Waals surface area contributed by atoms with Crippen LogP contribution in [0.4, 0.5) is 5.13 Å². The lowest BCUT2D eigenvalue weighted by Gasteiger charge is -2.16. The van der Waals surface area contributed by atoms with Crippen LogP contribution in [-0.4, -0.2) is 43.0 Å². The van der Waals surface area contributed by atoms with E-state index >= 15 is 0 Å². The lowest BCUT2D eigenvalue weighted by atomic mass is 10.1. The first-order valence-electron chi connectivity index (χ1n) is 10.4. The molecule has 0 bridgehead atoms. The molecule has 0 fully saturated rings. The molecule has 0 atom stereocenters. The van der Waals surface area contributed by atoms with Crippen LogP contribution in [0, 0.1) is 0 Å². The summed E-state index contributed by atoms with van der Waals surface area (Å²) in [6.45, 7) is 6.93. The van der Waals surface area contributed by atoms with Gasteiger partial charge in [0, 0.05) is 17.5 Å². The van der Waals surface area contributed by atoms with Gasteiger partial charge in [0.1, 0.15) is 10.8 Å². The highest BCUT2D eigenvalue weighted by Gasteiger charge is 2.19. The van der Waals surface area contributed by atoms with Gasteiger partial charge >= 0.3 is 0 Å². The maximum absolute atomic E-state index is 12.9. The van der Waals surface area contributed by atoms with Gasteiger partial charge in [0.2, 0.25) is 10.9 Å². The van der Waals surface area contributed by atoms with Gasteiger partial charge in [0.05, 0.1) is 26.9 Å². The first-order valence-corrected chi connectivity index (χ1v) is 11.2. The van der Waals surface area contributed by atoms with E-state index in [2.05, 4.69) is 15.5 Å². The van der Waals surface area contributed by atoms with Crippen molar-refractivity contribution >= 4 is 22.4 Å². The molecule has 0 aliphatic carbocycles. The number of nitrogens with zero attached hydrogens (tertiary/aromatic N) is 2. The molecular formula is C23H27N3O5S. The predicted molar refractivity (Wildman–Crippen MR) is 124 cm³/mol. The van der Waals surface area contributed by atoms with Crippen molar-refractivity contribution in [3.63, 3.8) is 0 Å². The van der Waals surface area contributed by atoms with Gasteiger partial charge in [-0.15, -0.1) is 10.2 Å². The third kappa shape index (κ3) is 5.67. The summed E-state index contributed by atoms with van der Waals surface area (Å²) >= 11 is 1.31. The number of ether oxygens (including phenoxy) is 4. The average Bonchev–Trinajstić information content (AvgIpc) is 3.23. The topological polar surface area (TPSA) is 91.8 Å². The zero-order valence-electron chi connectivity index (χ0n) is 18.6. The monoisotopic (exact) mass is 457 g/mol. The van der Waals surface area contributed by atoms with Crippen LogP contribution in [0.1, 0.15) is 41.7 Å².